The van der Waals surface area contributed by atoms with E-state index in [1.807, 2.05) is 38.1 Å². The molecular formula is C22H19N3O4S. The molecule has 0 unspecified atom stereocenters. The van der Waals surface area contributed by atoms with Crippen molar-refractivity contribution in [2.45, 2.75) is 18.7 Å². The Morgan fingerprint density at radius 1 is 1.03 bits per heavy atom. The number of para-hydroxylation sites is 1. The van der Waals surface area contributed by atoms with Crippen molar-refractivity contribution in [2.24, 2.45) is 0 Å². The molecule has 0 radical (unpaired) electrons. The topological polar surface area (TPSA) is 112 Å². The number of nitrogens with zero attached hydrogens (tertiary/aromatic N) is 1. The maximum Gasteiger partial charge on any atom is 0.266 e. The average Bonchev–Trinajstić information content (AvgIpc) is 3.22. The van der Waals surface area contributed by atoms with Gasteiger partial charge in [0, 0.05) is 11.8 Å². The van der Waals surface area contributed by atoms with E-state index in [9.17, 15) is 18.5 Å². The maximum atomic E-state index is 12.7. The largest absolute Gasteiger partial charge is 0.465 e. The first kappa shape index (κ1) is 20.9. The molecule has 0 aliphatic rings. The molecule has 1 heterocycles. The SMILES string of the molecule is Cc1cccc(C)c1NS(=O)(=O)c1ccc(NC(=O)/C(C#N)=C/c2ccco2)cc1. The highest BCUT2D eigenvalue weighted by atomic mass is 32.2. The van der Waals surface area contributed by atoms with Crippen LogP contribution in [-0.2, 0) is 14.8 Å². The van der Waals surface area contributed by atoms with Gasteiger partial charge in [0.1, 0.15) is 17.4 Å². The number of furan rings is 1. The lowest BCUT2D eigenvalue weighted by molar-refractivity contribution is -0.112. The van der Waals surface area contributed by atoms with Crippen LogP contribution < -0.4 is 10.0 Å². The lowest BCUT2D eigenvalue weighted by Gasteiger charge is -2.13. The van der Waals surface area contributed by atoms with E-state index in [4.69, 9.17) is 4.42 Å². The van der Waals surface area contributed by atoms with E-state index in [1.165, 1.54) is 36.6 Å². The maximum absolute atomic E-state index is 12.7. The molecule has 8 heteroatoms. The van der Waals surface area contributed by atoms with Gasteiger partial charge in [0.15, 0.2) is 0 Å². The third-order valence-corrected chi connectivity index (χ3v) is 5.70. The Balaban J connectivity index is 1.76. The molecule has 0 spiro atoms. The predicted molar refractivity (Wildman–Crippen MR) is 114 cm³/mol. The molecule has 0 fully saturated rings. The first-order chi connectivity index (χ1) is 14.3. The number of benzene rings is 2. The van der Waals surface area contributed by atoms with Crippen molar-refractivity contribution in [2.75, 3.05) is 10.0 Å². The number of anilines is 2. The number of carbonyl (C=O) groups is 1. The highest BCUT2D eigenvalue weighted by Gasteiger charge is 2.17. The van der Waals surface area contributed by atoms with Gasteiger partial charge in [-0.2, -0.15) is 5.26 Å². The number of nitrogens with one attached hydrogen (secondary N) is 2. The van der Waals surface area contributed by atoms with E-state index in [1.54, 1.807) is 12.1 Å². The first-order valence-corrected chi connectivity index (χ1v) is 10.4. The van der Waals surface area contributed by atoms with Crippen molar-refractivity contribution in [3.63, 3.8) is 0 Å². The van der Waals surface area contributed by atoms with Gasteiger partial charge in [0.25, 0.3) is 15.9 Å². The molecule has 0 aliphatic carbocycles. The second kappa shape index (κ2) is 8.68. The predicted octanol–water partition coefficient (Wildman–Crippen LogP) is 4.24. The molecule has 30 heavy (non-hydrogen) atoms. The summed E-state index contributed by atoms with van der Waals surface area (Å²) < 4.78 is 33.1. The second-order valence-electron chi connectivity index (χ2n) is 6.54. The summed E-state index contributed by atoms with van der Waals surface area (Å²) in [7, 11) is -3.80. The number of carbonyl (C=O) groups excluding carboxylic acids is 1. The van der Waals surface area contributed by atoms with Gasteiger partial charge in [-0.05, 0) is 61.4 Å². The van der Waals surface area contributed by atoms with E-state index in [0.717, 1.165) is 11.1 Å². The summed E-state index contributed by atoms with van der Waals surface area (Å²) in [6, 6.07) is 16.3. The molecule has 152 valence electrons. The molecule has 2 N–H and O–H groups in total. The lowest BCUT2D eigenvalue weighted by Crippen LogP contribution is -2.16. The van der Waals surface area contributed by atoms with Crippen LogP contribution in [0.3, 0.4) is 0 Å². The molecule has 1 amide bonds. The molecule has 0 bridgehead atoms. The summed E-state index contributed by atoms with van der Waals surface area (Å²) >= 11 is 0. The number of aryl methyl sites for hydroxylation is 2. The van der Waals surface area contributed by atoms with Crippen LogP contribution in [0.15, 0.2) is 75.7 Å². The van der Waals surface area contributed by atoms with Crippen molar-refractivity contribution in [3.05, 3.63) is 83.3 Å². The van der Waals surface area contributed by atoms with Crippen LogP contribution in [0.1, 0.15) is 16.9 Å². The Bertz CT molecular complexity index is 1220. The minimum atomic E-state index is -3.80. The standard InChI is InChI=1S/C22H19N3O4S/c1-15-5-3-6-16(2)21(15)25-30(27,28)20-10-8-18(9-11-20)24-22(26)17(14-23)13-19-7-4-12-29-19/h3-13,25H,1-2H3,(H,24,26)/b17-13+. The lowest BCUT2D eigenvalue weighted by atomic mass is 10.1. The molecule has 3 aromatic rings. The minimum absolute atomic E-state index is 0.0507. The summed E-state index contributed by atoms with van der Waals surface area (Å²) in [5, 5.41) is 11.8. The van der Waals surface area contributed by atoms with Crippen LogP contribution in [0.5, 0.6) is 0 Å². The normalized spacial score (nSPS) is 11.6. The fraction of sp³-hybridized carbons (Fsp3) is 0.0909. The molecule has 3 rings (SSSR count). The van der Waals surface area contributed by atoms with Crippen LogP contribution in [-0.4, -0.2) is 14.3 Å². The van der Waals surface area contributed by atoms with E-state index in [2.05, 4.69) is 10.0 Å². The minimum Gasteiger partial charge on any atom is -0.465 e. The summed E-state index contributed by atoms with van der Waals surface area (Å²) in [5.74, 6) is -0.251. The van der Waals surface area contributed by atoms with Gasteiger partial charge in [0.2, 0.25) is 0 Å². The van der Waals surface area contributed by atoms with Crippen molar-refractivity contribution >= 4 is 33.4 Å². The fourth-order valence-electron chi connectivity index (χ4n) is 2.75. The van der Waals surface area contributed by atoms with Crippen LogP contribution in [0.4, 0.5) is 11.4 Å². The van der Waals surface area contributed by atoms with E-state index in [0.29, 0.717) is 17.1 Å². The van der Waals surface area contributed by atoms with Gasteiger partial charge in [-0.25, -0.2) is 8.42 Å². The van der Waals surface area contributed by atoms with E-state index >= 15 is 0 Å². The van der Waals surface area contributed by atoms with Crippen molar-refractivity contribution in [1.82, 2.24) is 0 Å². The fourth-order valence-corrected chi connectivity index (χ4v) is 3.95. The van der Waals surface area contributed by atoms with Crippen molar-refractivity contribution in [1.29, 1.82) is 5.26 Å². The summed E-state index contributed by atoms with van der Waals surface area (Å²) in [6.45, 7) is 3.65. The molecular weight excluding hydrogens is 402 g/mol. The van der Waals surface area contributed by atoms with Crippen LogP contribution in [0.25, 0.3) is 6.08 Å². The van der Waals surface area contributed by atoms with Crippen LogP contribution in [0, 0.1) is 25.2 Å². The number of hydrogen-bond donors (Lipinski definition) is 2. The van der Waals surface area contributed by atoms with Crippen molar-refractivity contribution < 1.29 is 17.6 Å². The summed E-state index contributed by atoms with van der Waals surface area (Å²) in [4.78, 5) is 12.3. The van der Waals surface area contributed by atoms with Gasteiger partial charge in [0.05, 0.1) is 16.8 Å². The molecule has 0 saturated carbocycles. The Labute approximate surface area is 174 Å². The Morgan fingerprint density at radius 2 is 1.70 bits per heavy atom. The molecule has 0 saturated heterocycles. The third kappa shape index (κ3) is 4.77. The Morgan fingerprint density at radius 3 is 2.27 bits per heavy atom. The monoisotopic (exact) mass is 421 g/mol. The molecule has 7 nitrogen and oxygen atoms in total. The molecule has 0 atom stereocenters. The average molecular weight is 421 g/mol. The van der Waals surface area contributed by atoms with Gasteiger partial charge < -0.3 is 9.73 Å². The molecule has 2 aromatic carbocycles. The van der Waals surface area contributed by atoms with Crippen LogP contribution in [0.2, 0.25) is 0 Å². The summed E-state index contributed by atoms with van der Waals surface area (Å²) in [6.07, 6.45) is 2.76. The van der Waals surface area contributed by atoms with Crippen LogP contribution >= 0.6 is 0 Å². The molecule has 0 aliphatic heterocycles. The number of amides is 1. The highest BCUT2D eigenvalue weighted by Crippen LogP contribution is 2.24. The van der Waals surface area contributed by atoms with E-state index in [-0.39, 0.29) is 10.5 Å². The zero-order valence-corrected chi connectivity index (χ0v) is 17.2. The van der Waals surface area contributed by atoms with Crippen molar-refractivity contribution in [3.8, 4) is 6.07 Å². The smallest absolute Gasteiger partial charge is 0.266 e. The van der Waals surface area contributed by atoms with E-state index < -0.39 is 15.9 Å². The third-order valence-electron chi connectivity index (χ3n) is 4.33. The van der Waals surface area contributed by atoms with Gasteiger partial charge in [-0.3, -0.25) is 9.52 Å². The quantitative estimate of drug-likeness (QED) is 0.457. The summed E-state index contributed by atoms with van der Waals surface area (Å²) in [5.41, 5.74) is 2.38. The van der Waals surface area contributed by atoms with Gasteiger partial charge >= 0.3 is 0 Å². The second-order valence-corrected chi connectivity index (χ2v) is 8.22. The molecule has 1 aromatic heterocycles. The zero-order chi connectivity index (χ0) is 21.7. The first-order valence-electron chi connectivity index (χ1n) is 8.96. The number of sulfonamides is 1. The van der Waals surface area contributed by atoms with Gasteiger partial charge in [-0.1, -0.05) is 18.2 Å². The Kier molecular flexibility index (Phi) is 6.04. The highest BCUT2D eigenvalue weighted by molar-refractivity contribution is 7.92. The number of nitriles is 1. The van der Waals surface area contributed by atoms with Gasteiger partial charge in [-0.15, -0.1) is 0 Å². The number of hydrogen-bond acceptors (Lipinski definition) is 5. The number of rotatable bonds is 6. The zero-order valence-electron chi connectivity index (χ0n) is 16.3. The Hall–Kier alpha value is -3.83.